The average molecular weight is 362 g/mol. The average Bonchev–Trinajstić information content (AvgIpc) is 2.54. The zero-order chi connectivity index (χ0) is 19.4. The molecule has 0 bridgehead atoms. The van der Waals surface area contributed by atoms with Crippen LogP contribution in [0.3, 0.4) is 0 Å². The van der Waals surface area contributed by atoms with E-state index in [4.69, 9.17) is 9.47 Å². The van der Waals surface area contributed by atoms with Crippen molar-refractivity contribution in [3.05, 3.63) is 29.3 Å². The van der Waals surface area contributed by atoms with E-state index in [1.54, 1.807) is 13.8 Å². The summed E-state index contributed by atoms with van der Waals surface area (Å²) in [5.41, 5.74) is 0.724. The molecule has 0 unspecified atom stereocenters. The fourth-order valence-electron chi connectivity index (χ4n) is 3.22. The molecular formula is C22H35NO3. The van der Waals surface area contributed by atoms with Crippen molar-refractivity contribution in [2.45, 2.75) is 97.4 Å². The Balaban J connectivity index is 1.96. The van der Waals surface area contributed by atoms with Crippen molar-refractivity contribution in [1.82, 2.24) is 5.32 Å². The minimum atomic E-state index is -1.03. The van der Waals surface area contributed by atoms with Crippen molar-refractivity contribution >= 4 is 5.97 Å². The normalized spacial score (nSPS) is 16.4. The van der Waals surface area contributed by atoms with Crippen LogP contribution in [0.15, 0.2) is 18.2 Å². The van der Waals surface area contributed by atoms with Gasteiger partial charge in [-0.25, -0.2) is 4.79 Å². The van der Waals surface area contributed by atoms with Gasteiger partial charge in [0.25, 0.3) is 0 Å². The molecule has 1 saturated carbocycles. The lowest BCUT2D eigenvalue weighted by Crippen LogP contribution is -2.43. The molecule has 1 fully saturated rings. The number of benzene rings is 1. The molecule has 1 N–H and O–H groups in total. The van der Waals surface area contributed by atoms with Crippen LogP contribution >= 0.6 is 0 Å². The lowest BCUT2D eigenvalue weighted by Gasteiger charge is -2.29. The molecule has 1 aromatic carbocycles. The number of rotatable bonds is 6. The number of nitrogens with one attached hydrogen (secondary N) is 1. The molecule has 0 aliphatic heterocycles. The highest BCUT2D eigenvalue weighted by Crippen LogP contribution is 2.26. The third kappa shape index (κ3) is 6.31. The predicted molar refractivity (Wildman–Crippen MR) is 105 cm³/mol. The smallest absolute Gasteiger partial charge is 0.350 e. The fourth-order valence-corrected chi connectivity index (χ4v) is 3.22. The molecule has 0 aromatic heterocycles. The fraction of sp³-hybridized carbons (Fsp3) is 0.682. The summed E-state index contributed by atoms with van der Waals surface area (Å²) in [6.45, 7) is 12.0. The van der Waals surface area contributed by atoms with Gasteiger partial charge >= 0.3 is 5.97 Å². The van der Waals surface area contributed by atoms with Crippen LogP contribution in [0.2, 0.25) is 0 Å². The van der Waals surface area contributed by atoms with Crippen molar-refractivity contribution in [2.75, 3.05) is 0 Å². The molecular weight excluding hydrogens is 326 g/mol. The maximum Gasteiger partial charge on any atom is 0.350 e. The van der Waals surface area contributed by atoms with Crippen LogP contribution in [-0.4, -0.2) is 23.2 Å². The first-order valence-electron chi connectivity index (χ1n) is 9.82. The van der Waals surface area contributed by atoms with E-state index in [0.29, 0.717) is 6.04 Å². The van der Waals surface area contributed by atoms with E-state index in [2.05, 4.69) is 17.4 Å². The highest BCUT2D eigenvalue weighted by atomic mass is 16.6. The Bertz CT molecular complexity index is 610. The largest absolute Gasteiger partial charge is 0.476 e. The van der Waals surface area contributed by atoms with Crippen LogP contribution in [0.1, 0.15) is 77.8 Å². The molecule has 1 aliphatic rings. The van der Waals surface area contributed by atoms with Gasteiger partial charge in [-0.3, -0.25) is 0 Å². The van der Waals surface area contributed by atoms with E-state index < -0.39 is 11.2 Å². The number of esters is 1. The third-order valence-electron chi connectivity index (χ3n) is 4.69. The van der Waals surface area contributed by atoms with Crippen molar-refractivity contribution in [3.8, 4) is 5.75 Å². The minimum Gasteiger partial charge on any atom is -0.476 e. The third-order valence-corrected chi connectivity index (χ3v) is 4.69. The summed E-state index contributed by atoms with van der Waals surface area (Å²) >= 11 is 0. The molecule has 2 rings (SSSR count). The molecule has 26 heavy (non-hydrogen) atoms. The second-order valence-electron chi connectivity index (χ2n) is 8.93. The van der Waals surface area contributed by atoms with Crippen molar-refractivity contribution in [1.29, 1.82) is 0 Å². The highest BCUT2D eigenvalue weighted by molar-refractivity contribution is 5.79. The number of carbonyl (C=O) groups excluding carboxylic acids is 1. The monoisotopic (exact) mass is 361 g/mol. The molecule has 4 nitrogen and oxygen atoms in total. The first kappa shape index (κ1) is 20.8. The summed E-state index contributed by atoms with van der Waals surface area (Å²) in [5.74, 6) is 0.370. The van der Waals surface area contributed by atoms with Gasteiger partial charge < -0.3 is 14.8 Å². The van der Waals surface area contributed by atoms with Crippen LogP contribution in [0.4, 0.5) is 0 Å². The number of aryl methyl sites for hydroxylation is 1. The summed E-state index contributed by atoms with van der Waals surface area (Å²) in [6.07, 6.45) is 6.61. The highest BCUT2D eigenvalue weighted by Gasteiger charge is 2.35. The van der Waals surface area contributed by atoms with Gasteiger partial charge in [-0.05, 0) is 71.6 Å². The lowest BCUT2D eigenvalue weighted by molar-refractivity contribution is -0.170. The first-order valence-corrected chi connectivity index (χ1v) is 9.82. The first-order chi connectivity index (χ1) is 12.1. The van der Waals surface area contributed by atoms with Gasteiger partial charge in [-0.1, -0.05) is 31.4 Å². The summed E-state index contributed by atoms with van der Waals surface area (Å²) in [7, 11) is 0. The zero-order valence-electron chi connectivity index (χ0n) is 17.3. The maximum atomic E-state index is 12.4. The minimum absolute atomic E-state index is 0.354. The topological polar surface area (TPSA) is 47.6 Å². The summed E-state index contributed by atoms with van der Waals surface area (Å²) in [4.78, 5) is 12.4. The molecule has 1 aliphatic carbocycles. The molecule has 0 spiro atoms. The molecule has 0 radical (unpaired) electrons. The Kier molecular flexibility index (Phi) is 6.73. The van der Waals surface area contributed by atoms with Crippen molar-refractivity contribution in [2.24, 2.45) is 0 Å². The van der Waals surface area contributed by atoms with Crippen LogP contribution in [0.5, 0.6) is 5.75 Å². The van der Waals surface area contributed by atoms with E-state index in [9.17, 15) is 4.79 Å². The van der Waals surface area contributed by atoms with Crippen molar-refractivity contribution < 1.29 is 14.3 Å². The van der Waals surface area contributed by atoms with Crippen molar-refractivity contribution in [3.63, 3.8) is 0 Å². The molecule has 0 saturated heterocycles. The van der Waals surface area contributed by atoms with Gasteiger partial charge in [0.15, 0.2) is 5.60 Å². The van der Waals surface area contributed by atoms with Gasteiger partial charge in [0.05, 0.1) is 0 Å². The van der Waals surface area contributed by atoms with Crippen LogP contribution in [-0.2, 0) is 16.1 Å². The van der Waals surface area contributed by atoms with E-state index in [-0.39, 0.29) is 5.97 Å². The van der Waals surface area contributed by atoms with E-state index in [0.717, 1.165) is 17.9 Å². The standard InChI is InChI=1S/C22H35NO3/c1-16-14-17(15-23-18-10-8-7-9-11-18)12-13-19(16)25-22(5,6)20(24)26-21(2,3)4/h12-14,18,23H,7-11,15H2,1-6H3. The summed E-state index contributed by atoms with van der Waals surface area (Å²) < 4.78 is 11.5. The van der Waals surface area contributed by atoms with Crippen LogP contribution in [0, 0.1) is 6.92 Å². The Morgan fingerprint density at radius 2 is 1.77 bits per heavy atom. The zero-order valence-corrected chi connectivity index (χ0v) is 17.3. The summed E-state index contributed by atoms with van der Waals surface area (Å²) in [5, 5.41) is 3.66. The van der Waals surface area contributed by atoms with Crippen LogP contribution < -0.4 is 10.1 Å². The molecule has 146 valence electrons. The van der Waals surface area contributed by atoms with Gasteiger partial charge in [-0.2, -0.15) is 0 Å². The van der Waals surface area contributed by atoms with E-state index in [1.807, 2.05) is 33.8 Å². The van der Waals surface area contributed by atoms with E-state index >= 15 is 0 Å². The lowest BCUT2D eigenvalue weighted by atomic mass is 9.95. The second kappa shape index (κ2) is 8.43. The molecule has 0 atom stereocenters. The van der Waals surface area contributed by atoms with Gasteiger partial charge in [0.1, 0.15) is 11.4 Å². The number of ether oxygens (including phenoxy) is 2. The molecule has 1 aromatic rings. The molecule has 0 amide bonds. The Morgan fingerprint density at radius 1 is 1.12 bits per heavy atom. The maximum absolute atomic E-state index is 12.4. The number of hydrogen-bond acceptors (Lipinski definition) is 4. The van der Waals surface area contributed by atoms with Gasteiger partial charge in [0, 0.05) is 12.6 Å². The number of carbonyl (C=O) groups is 1. The number of hydrogen-bond donors (Lipinski definition) is 1. The Hall–Kier alpha value is -1.55. The quantitative estimate of drug-likeness (QED) is 0.731. The SMILES string of the molecule is Cc1cc(CNC2CCCCC2)ccc1OC(C)(C)C(=O)OC(C)(C)C. The molecule has 0 heterocycles. The Morgan fingerprint density at radius 3 is 2.35 bits per heavy atom. The predicted octanol–water partition coefficient (Wildman–Crippen LogP) is 4.92. The summed E-state index contributed by atoms with van der Waals surface area (Å²) in [6, 6.07) is 6.81. The van der Waals surface area contributed by atoms with Gasteiger partial charge in [-0.15, -0.1) is 0 Å². The van der Waals surface area contributed by atoms with E-state index in [1.165, 1.54) is 37.7 Å². The second-order valence-corrected chi connectivity index (χ2v) is 8.93. The Labute approximate surface area is 158 Å². The van der Waals surface area contributed by atoms with Crippen LogP contribution in [0.25, 0.3) is 0 Å². The van der Waals surface area contributed by atoms with Gasteiger partial charge in [0.2, 0.25) is 0 Å². The molecule has 4 heteroatoms.